The number of thiophene rings is 1. The number of nitrogens with zero attached hydrogens (tertiary/aromatic N) is 3. The van der Waals surface area contributed by atoms with Gasteiger partial charge in [0.15, 0.2) is 0 Å². The zero-order valence-electron chi connectivity index (χ0n) is 28.2. The van der Waals surface area contributed by atoms with Crippen LogP contribution in [0.5, 0.6) is 0 Å². The van der Waals surface area contributed by atoms with Gasteiger partial charge in [-0.05, 0) is 39.3 Å². The predicted octanol–water partition coefficient (Wildman–Crippen LogP) is 12.7. The average molecular weight is 670 g/mol. The smallest absolute Gasteiger partial charge is 0.235 e. The molecule has 0 N–H and O–H groups in total. The van der Waals surface area contributed by atoms with Crippen LogP contribution in [0.1, 0.15) is 25.0 Å². The summed E-state index contributed by atoms with van der Waals surface area (Å²) in [5, 5.41) is 5.92. The first-order valence-electron chi connectivity index (χ1n) is 17.5. The fourth-order valence-corrected chi connectivity index (χ4v) is 9.85. The molecule has 0 radical (unpaired) electrons. The second kappa shape index (κ2) is 10.5. The van der Waals surface area contributed by atoms with Gasteiger partial charge in [0.25, 0.3) is 0 Å². The van der Waals surface area contributed by atoms with Crippen molar-refractivity contribution < 1.29 is 0 Å². The lowest BCUT2D eigenvalue weighted by Gasteiger charge is -2.21. The van der Waals surface area contributed by atoms with E-state index in [1.54, 1.807) is 11.3 Å². The van der Waals surface area contributed by atoms with Crippen LogP contribution in [0.3, 0.4) is 0 Å². The summed E-state index contributed by atoms with van der Waals surface area (Å²) in [4.78, 5) is 11.1. The Morgan fingerprint density at radius 1 is 0.510 bits per heavy atom. The minimum atomic E-state index is -0.0997. The van der Waals surface area contributed by atoms with Crippen molar-refractivity contribution in [2.45, 2.75) is 19.3 Å². The van der Waals surface area contributed by atoms with Gasteiger partial charge in [-0.2, -0.15) is 0 Å². The van der Waals surface area contributed by atoms with E-state index in [0.717, 1.165) is 37.9 Å². The molecular formula is C47H31N3S. The zero-order chi connectivity index (χ0) is 33.8. The number of hydrogen-bond donors (Lipinski definition) is 0. The van der Waals surface area contributed by atoms with Crippen LogP contribution >= 0.6 is 11.3 Å². The van der Waals surface area contributed by atoms with Crippen LogP contribution in [0.15, 0.2) is 152 Å². The van der Waals surface area contributed by atoms with Crippen molar-refractivity contribution in [3.05, 3.63) is 163 Å². The van der Waals surface area contributed by atoms with Gasteiger partial charge in [-0.15, -0.1) is 11.3 Å². The van der Waals surface area contributed by atoms with E-state index in [4.69, 9.17) is 9.97 Å². The number of rotatable bonds is 3. The maximum atomic E-state index is 5.54. The van der Waals surface area contributed by atoms with Crippen molar-refractivity contribution >= 4 is 64.2 Å². The Kier molecular flexibility index (Phi) is 5.89. The van der Waals surface area contributed by atoms with E-state index >= 15 is 0 Å². The molecule has 0 bridgehead atoms. The van der Waals surface area contributed by atoms with Gasteiger partial charge in [0.05, 0.1) is 26.9 Å². The Bertz CT molecular complexity index is 3060. The first-order valence-corrected chi connectivity index (χ1v) is 18.3. The van der Waals surface area contributed by atoms with Crippen molar-refractivity contribution in [2.75, 3.05) is 0 Å². The number of benzene rings is 7. The minimum absolute atomic E-state index is 0.0997. The molecule has 3 nitrogen and oxygen atoms in total. The molecule has 10 aromatic rings. The fraction of sp³-hybridized carbons (Fsp3) is 0.0638. The van der Waals surface area contributed by atoms with Crippen molar-refractivity contribution in [1.82, 2.24) is 14.5 Å². The van der Waals surface area contributed by atoms with Gasteiger partial charge in [-0.25, -0.2) is 9.97 Å². The molecule has 240 valence electrons. The lowest BCUT2D eigenvalue weighted by Crippen LogP contribution is -2.14. The summed E-state index contributed by atoms with van der Waals surface area (Å²) >= 11 is 1.77. The van der Waals surface area contributed by atoms with Crippen LogP contribution in [0.4, 0.5) is 0 Å². The Morgan fingerprint density at radius 2 is 1.18 bits per heavy atom. The summed E-state index contributed by atoms with van der Waals surface area (Å²) in [5.41, 5.74) is 13.0. The Balaban J connectivity index is 1.33. The van der Waals surface area contributed by atoms with Crippen LogP contribution in [0, 0.1) is 0 Å². The van der Waals surface area contributed by atoms with Crippen molar-refractivity contribution in [3.63, 3.8) is 0 Å². The topological polar surface area (TPSA) is 30.7 Å². The minimum Gasteiger partial charge on any atom is -0.277 e. The van der Waals surface area contributed by atoms with Gasteiger partial charge < -0.3 is 0 Å². The van der Waals surface area contributed by atoms with E-state index in [9.17, 15) is 0 Å². The largest absolute Gasteiger partial charge is 0.277 e. The summed E-state index contributed by atoms with van der Waals surface area (Å²) in [6, 6.07) is 55.0. The molecule has 4 heteroatoms. The fourth-order valence-electron chi connectivity index (χ4n) is 8.69. The molecule has 1 aliphatic carbocycles. The molecule has 3 aromatic heterocycles. The Labute approximate surface area is 299 Å². The van der Waals surface area contributed by atoms with Crippen LogP contribution in [0.25, 0.3) is 92.3 Å². The molecule has 11 rings (SSSR count). The second-order valence-corrected chi connectivity index (χ2v) is 15.2. The van der Waals surface area contributed by atoms with Gasteiger partial charge in [0.1, 0.15) is 0 Å². The average Bonchev–Trinajstić information content (AvgIpc) is 3.81. The maximum Gasteiger partial charge on any atom is 0.235 e. The summed E-state index contributed by atoms with van der Waals surface area (Å²) in [5.74, 6) is 0.682. The van der Waals surface area contributed by atoms with Crippen LogP contribution < -0.4 is 0 Å². The zero-order valence-corrected chi connectivity index (χ0v) is 29.0. The van der Waals surface area contributed by atoms with E-state index in [0.29, 0.717) is 5.95 Å². The third-order valence-corrected chi connectivity index (χ3v) is 12.2. The van der Waals surface area contributed by atoms with E-state index in [1.807, 2.05) is 0 Å². The van der Waals surface area contributed by atoms with Crippen LogP contribution in [-0.4, -0.2) is 14.5 Å². The van der Waals surface area contributed by atoms with E-state index in [1.165, 1.54) is 59.6 Å². The standard InChI is InChI=1S/C47H31N3S/c1-47(2)37-23-10-8-18-35(37)40-31(20-13-24-38(40)47)32-21-12-22-33-34-27-26-28-14-6-7-17-30(28)43(34)50(44(32)33)46-48-41(29-15-4-3-5-16-29)45-42(49-46)36-19-9-11-25-39(36)51-45/h3-27H,1-2H3. The summed E-state index contributed by atoms with van der Waals surface area (Å²) < 4.78 is 4.69. The summed E-state index contributed by atoms with van der Waals surface area (Å²) in [7, 11) is 0. The van der Waals surface area contributed by atoms with Gasteiger partial charge in [-0.3, -0.25) is 4.57 Å². The highest BCUT2D eigenvalue weighted by Crippen LogP contribution is 2.53. The molecule has 0 unspecified atom stereocenters. The predicted molar refractivity (Wildman–Crippen MR) is 215 cm³/mol. The molecule has 3 heterocycles. The third-order valence-electron chi connectivity index (χ3n) is 11.0. The highest BCUT2D eigenvalue weighted by molar-refractivity contribution is 7.26. The first-order chi connectivity index (χ1) is 25.1. The van der Waals surface area contributed by atoms with Crippen molar-refractivity contribution in [2.24, 2.45) is 0 Å². The molecule has 0 saturated heterocycles. The number of fused-ring (bicyclic) bond motifs is 11. The third kappa shape index (κ3) is 3.94. The highest BCUT2D eigenvalue weighted by atomic mass is 32.1. The van der Waals surface area contributed by atoms with E-state index < -0.39 is 0 Å². The van der Waals surface area contributed by atoms with E-state index in [2.05, 4.69) is 170 Å². The normalized spacial score (nSPS) is 13.5. The molecule has 51 heavy (non-hydrogen) atoms. The van der Waals surface area contributed by atoms with Gasteiger partial charge in [0, 0.05) is 42.8 Å². The highest BCUT2D eigenvalue weighted by Gasteiger charge is 2.37. The molecule has 0 aliphatic heterocycles. The van der Waals surface area contributed by atoms with Crippen molar-refractivity contribution in [1.29, 1.82) is 0 Å². The number of aromatic nitrogens is 3. The molecule has 0 saturated carbocycles. The molecule has 0 spiro atoms. The van der Waals surface area contributed by atoms with Crippen molar-refractivity contribution in [3.8, 4) is 39.5 Å². The molecule has 1 aliphatic rings. The SMILES string of the molecule is CC1(C)c2ccccc2-c2c(-c3cccc4c5ccc6ccccc6c5n(-c5nc(-c6ccccc6)c6sc7ccccc7c6n5)c34)cccc21. The lowest BCUT2D eigenvalue weighted by atomic mass is 9.82. The monoisotopic (exact) mass is 669 g/mol. The summed E-state index contributed by atoms with van der Waals surface area (Å²) in [6.45, 7) is 4.70. The molecule has 0 amide bonds. The molecule has 7 aromatic carbocycles. The van der Waals surface area contributed by atoms with Gasteiger partial charge in [-0.1, -0.05) is 159 Å². The van der Waals surface area contributed by atoms with E-state index in [-0.39, 0.29) is 5.41 Å². The lowest BCUT2D eigenvalue weighted by molar-refractivity contribution is 0.660. The first kappa shape index (κ1) is 28.7. The number of para-hydroxylation sites is 1. The number of hydrogen-bond acceptors (Lipinski definition) is 3. The molecule has 0 atom stereocenters. The van der Waals surface area contributed by atoms with Gasteiger partial charge >= 0.3 is 0 Å². The Morgan fingerprint density at radius 3 is 2.08 bits per heavy atom. The van der Waals surface area contributed by atoms with Gasteiger partial charge in [0.2, 0.25) is 5.95 Å². The molecular weight excluding hydrogens is 639 g/mol. The summed E-state index contributed by atoms with van der Waals surface area (Å²) in [6.07, 6.45) is 0. The maximum absolute atomic E-state index is 5.54. The van der Waals surface area contributed by atoms with Crippen LogP contribution in [-0.2, 0) is 5.41 Å². The second-order valence-electron chi connectivity index (χ2n) is 14.1. The Hall–Kier alpha value is -6.10. The van der Waals surface area contributed by atoms with Crippen LogP contribution in [0.2, 0.25) is 0 Å². The molecule has 0 fully saturated rings. The quantitative estimate of drug-likeness (QED) is 0.187.